The average Bonchev–Trinajstić information content (AvgIpc) is 3.40. The number of Topliss-reactive ketones (excluding diaryl/α,β-unsaturated/α-hetero) is 2. The lowest BCUT2D eigenvalue weighted by molar-refractivity contribution is -0.145. The Labute approximate surface area is 168 Å². The van der Waals surface area contributed by atoms with E-state index in [2.05, 4.69) is 13.2 Å². The number of carbonyl (C=O) groups is 3. The molecule has 1 fully saturated rings. The molecule has 0 N–H and O–H groups in total. The lowest BCUT2D eigenvalue weighted by Gasteiger charge is -2.36. The van der Waals surface area contributed by atoms with Gasteiger partial charge in [0.25, 0.3) is 0 Å². The van der Waals surface area contributed by atoms with Gasteiger partial charge in [0.15, 0.2) is 0 Å². The Kier molecular flexibility index (Phi) is 4.49. The smallest absolute Gasteiger partial charge is 0.375 e. The van der Waals surface area contributed by atoms with E-state index in [4.69, 9.17) is 9.15 Å². The standard InChI is InChI=1S/C23H21NO5/c1-4-10-24-13-17-16(12-18(24)14-8-9-14)15(5-2)20(25)23(3,21(17)26)29-22(27)19-7-6-11-28-19/h4-7,11-14H,1-2,8-10H2,3H3. The van der Waals surface area contributed by atoms with Crippen molar-refractivity contribution < 1.29 is 23.5 Å². The van der Waals surface area contributed by atoms with Gasteiger partial charge in [-0.15, -0.1) is 6.58 Å². The van der Waals surface area contributed by atoms with E-state index in [0.29, 0.717) is 23.6 Å². The van der Waals surface area contributed by atoms with Crippen LogP contribution in [0.15, 0.2) is 82.8 Å². The molecule has 1 aromatic heterocycles. The number of hydrogen-bond donors (Lipinski definition) is 0. The summed E-state index contributed by atoms with van der Waals surface area (Å²) >= 11 is 0. The molecular formula is C23H21NO5. The molecule has 148 valence electrons. The third-order valence-electron chi connectivity index (χ3n) is 5.39. The molecule has 29 heavy (non-hydrogen) atoms. The Hall–Kier alpha value is -3.41. The molecule has 0 spiro atoms. The molecule has 2 aliphatic carbocycles. The van der Waals surface area contributed by atoms with Crippen molar-refractivity contribution in [1.82, 2.24) is 4.90 Å². The normalized spacial score (nSPS) is 24.0. The van der Waals surface area contributed by atoms with Crippen LogP contribution in [0.1, 0.15) is 30.3 Å². The minimum atomic E-state index is -1.99. The van der Waals surface area contributed by atoms with E-state index < -0.39 is 23.1 Å². The topological polar surface area (TPSA) is 76.8 Å². The predicted molar refractivity (Wildman–Crippen MR) is 106 cm³/mol. The maximum atomic E-state index is 13.4. The highest BCUT2D eigenvalue weighted by molar-refractivity contribution is 6.29. The fourth-order valence-electron chi connectivity index (χ4n) is 3.71. The lowest BCUT2D eigenvalue weighted by Crippen LogP contribution is -2.52. The predicted octanol–water partition coefficient (Wildman–Crippen LogP) is 3.51. The van der Waals surface area contributed by atoms with E-state index in [-0.39, 0.29) is 11.3 Å². The van der Waals surface area contributed by atoms with Gasteiger partial charge >= 0.3 is 5.97 Å². The number of rotatable bonds is 6. The van der Waals surface area contributed by atoms with Crippen LogP contribution < -0.4 is 0 Å². The van der Waals surface area contributed by atoms with Gasteiger partial charge in [-0.05, 0) is 49.5 Å². The first-order valence-electron chi connectivity index (χ1n) is 9.45. The van der Waals surface area contributed by atoms with Gasteiger partial charge in [-0.1, -0.05) is 18.7 Å². The van der Waals surface area contributed by atoms with Crippen LogP contribution in [-0.4, -0.2) is 34.6 Å². The fourth-order valence-corrected chi connectivity index (χ4v) is 3.71. The third-order valence-corrected chi connectivity index (χ3v) is 5.39. The molecule has 1 unspecified atom stereocenters. The second kappa shape index (κ2) is 6.88. The summed E-state index contributed by atoms with van der Waals surface area (Å²) in [6, 6.07) is 2.94. The summed E-state index contributed by atoms with van der Waals surface area (Å²) in [5.74, 6) is -1.71. The van der Waals surface area contributed by atoms with Crippen molar-refractivity contribution in [3.05, 3.63) is 84.2 Å². The van der Waals surface area contributed by atoms with Gasteiger partial charge in [0.05, 0.1) is 6.26 Å². The van der Waals surface area contributed by atoms with Gasteiger partial charge in [-0.2, -0.15) is 0 Å². The second-order valence-corrected chi connectivity index (χ2v) is 7.42. The summed E-state index contributed by atoms with van der Waals surface area (Å²) in [5.41, 5.74) is 0.180. The lowest BCUT2D eigenvalue weighted by atomic mass is 9.75. The molecule has 1 aliphatic heterocycles. The maximum Gasteiger partial charge on any atom is 0.375 e. The quantitative estimate of drug-likeness (QED) is 0.420. The summed E-state index contributed by atoms with van der Waals surface area (Å²) in [6.07, 6.45) is 10.2. The minimum Gasteiger partial charge on any atom is -0.457 e. The van der Waals surface area contributed by atoms with E-state index in [9.17, 15) is 14.4 Å². The van der Waals surface area contributed by atoms with Crippen LogP contribution in [0, 0.1) is 5.92 Å². The van der Waals surface area contributed by atoms with Crippen LogP contribution in [0.3, 0.4) is 0 Å². The molecule has 1 aromatic rings. The monoisotopic (exact) mass is 391 g/mol. The SMILES string of the molecule is C=CCN1C=C2C(=O)C(C)(OC(=O)c3ccco3)C(=O)C(C=C)=C2C=C1C1CC1. The molecule has 0 radical (unpaired) electrons. The average molecular weight is 391 g/mol. The zero-order valence-corrected chi connectivity index (χ0v) is 16.1. The third kappa shape index (κ3) is 3.01. The molecule has 0 aromatic carbocycles. The molecule has 6 nitrogen and oxygen atoms in total. The number of hydrogen-bond acceptors (Lipinski definition) is 6. The van der Waals surface area contributed by atoms with E-state index in [1.54, 1.807) is 12.3 Å². The summed E-state index contributed by atoms with van der Waals surface area (Å²) in [4.78, 5) is 40.9. The first kappa shape index (κ1) is 18.9. The Balaban J connectivity index is 1.79. The van der Waals surface area contributed by atoms with Crippen molar-refractivity contribution in [2.75, 3.05) is 6.54 Å². The number of nitrogens with zero attached hydrogens (tertiary/aromatic N) is 1. The van der Waals surface area contributed by atoms with E-state index in [1.807, 2.05) is 11.0 Å². The van der Waals surface area contributed by atoms with E-state index in [0.717, 1.165) is 18.5 Å². The highest BCUT2D eigenvalue weighted by Crippen LogP contribution is 2.44. The molecule has 2 heterocycles. The highest BCUT2D eigenvalue weighted by atomic mass is 16.6. The van der Waals surface area contributed by atoms with Gasteiger partial charge < -0.3 is 14.1 Å². The van der Waals surface area contributed by atoms with Crippen molar-refractivity contribution in [1.29, 1.82) is 0 Å². The summed E-state index contributed by atoms with van der Waals surface area (Å²) < 4.78 is 10.4. The van der Waals surface area contributed by atoms with Crippen LogP contribution in [-0.2, 0) is 14.3 Å². The first-order chi connectivity index (χ1) is 13.9. The number of esters is 1. The summed E-state index contributed by atoms with van der Waals surface area (Å²) in [5, 5.41) is 0. The number of ether oxygens (including phenoxy) is 1. The molecule has 0 amide bonds. The first-order valence-corrected chi connectivity index (χ1v) is 9.45. The van der Waals surface area contributed by atoms with Gasteiger partial charge in [0.1, 0.15) is 0 Å². The van der Waals surface area contributed by atoms with Gasteiger partial charge in [-0.3, -0.25) is 9.59 Å². The largest absolute Gasteiger partial charge is 0.457 e. The Morgan fingerprint density at radius 1 is 1.34 bits per heavy atom. The van der Waals surface area contributed by atoms with E-state index in [1.165, 1.54) is 31.4 Å². The van der Waals surface area contributed by atoms with Gasteiger partial charge in [0.2, 0.25) is 22.9 Å². The number of furan rings is 1. The molecule has 1 atom stereocenters. The molecule has 3 aliphatic rings. The molecular weight excluding hydrogens is 370 g/mol. The van der Waals surface area contributed by atoms with Crippen molar-refractivity contribution in [3.8, 4) is 0 Å². The van der Waals surface area contributed by atoms with E-state index >= 15 is 0 Å². The maximum absolute atomic E-state index is 13.4. The van der Waals surface area contributed by atoms with Crippen molar-refractivity contribution in [2.45, 2.75) is 25.4 Å². The summed E-state index contributed by atoms with van der Waals surface area (Å²) in [6.45, 7) is 9.39. The molecule has 4 rings (SSSR count). The van der Waals surface area contributed by atoms with Crippen LogP contribution in [0.5, 0.6) is 0 Å². The molecule has 1 saturated carbocycles. The fraction of sp³-hybridized carbons (Fsp3) is 0.261. The van der Waals surface area contributed by atoms with Gasteiger partial charge in [-0.25, -0.2) is 4.79 Å². The van der Waals surface area contributed by atoms with Crippen LogP contribution in [0.2, 0.25) is 0 Å². The molecule has 6 heteroatoms. The number of ketones is 2. The zero-order valence-electron chi connectivity index (χ0n) is 16.1. The Bertz CT molecular complexity index is 1020. The highest BCUT2D eigenvalue weighted by Gasteiger charge is 2.53. The van der Waals surface area contributed by atoms with Crippen LogP contribution in [0.4, 0.5) is 0 Å². The molecule has 0 bridgehead atoms. The zero-order chi connectivity index (χ0) is 20.8. The number of fused-ring (bicyclic) bond motifs is 1. The van der Waals surface area contributed by atoms with Crippen molar-refractivity contribution >= 4 is 17.5 Å². The van der Waals surface area contributed by atoms with Crippen LogP contribution in [0.25, 0.3) is 0 Å². The Morgan fingerprint density at radius 2 is 2.10 bits per heavy atom. The summed E-state index contributed by atoms with van der Waals surface area (Å²) in [7, 11) is 0. The Morgan fingerprint density at radius 3 is 2.69 bits per heavy atom. The van der Waals surface area contributed by atoms with Crippen molar-refractivity contribution in [3.63, 3.8) is 0 Å². The number of carbonyl (C=O) groups excluding carboxylic acids is 3. The minimum absolute atomic E-state index is 0.0800. The van der Waals surface area contributed by atoms with Crippen molar-refractivity contribution in [2.24, 2.45) is 5.92 Å². The number of allylic oxidation sites excluding steroid dienone is 4. The second-order valence-electron chi connectivity index (χ2n) is 7.42. The van der Waals surface area contributed by atoms with Crippen LogP contribution >= 0.6 is 0 Å². The molecule has 0 saturated heterocycles. The van der Waals surface area contributed by atoms with Gasteiger partial charge in [0, 0.05) is 29.6 Å².